The summed E-state index contributed by atoms with van der Waals surface area (Å²) in [6.45, 7) is 0. The summed E-state index contributed by atoms with van der Waals surface area (Å²) in [7, 11) is 0. The summed E-state index contributed by atoms with van der Waals surface area (Å²) in [6, 6.07) is 16.6. The molecule has 2 rings (SSSR count). The van der Waals surface area contributed by atoms with Gasteiger partial charge in [-0.2, -0.15) is 0 Å². The second-order valence-corrected chi connectivity index (χ2v) is 4.35. The molecule has 0 radical (unpaired) electrons. The van der Waals surface area contributed by atoms with Crippen molar-refractivity contribution >= 4 is 0 Å². The molecular formula is C15H19N3. The summed E-state index contributed by atoms with van der Waals surface area (Å²) in [6.07, 6.45) is 4.96. The molecule has 3 heteroatoms. The zero-order valence-electron chi connectivity index (χ0n) is 10.4. The highest BCUT2D eigenvalue weighted by molar-refractivity contribution is 5.15. The van der Waals surface area contributed by atoms with Crippen LogP contribution >= 0.6 is 0 Å². The summed E-state index contributed by atoms with van der Waals surface area (Å²) in [5.41, 5.74) is 5.22. The minimum atomic E-state index is 0.134. The van der Waals surface area contributed by atoms with Gasteiger partial charge in [0.2, 0.25) is 0 Å². The molecule has 0 spiro atoms. The van der Waals surface area contributed by atoms with E-state index in [0.717, 1.165) is 25.0 Å². The first-order valence-corrected chi connectivity index (χ1v) is 6.31. The Balaban J connectivity index is 1.85. The maximum Gasteiger partial charge on any atom is 0.0632 e. The average Bonchev–Trinajstić information content (AvgIpc) is 2.46. The number of hydrazine groups is 1. The van der Waals surface area contributed by atoms with Crippen molar-refractivity contribution < 1.29 is 0 Å². The van der Waals surface area contributed by atoms with Gasteiger partial charge in [0, 0.05) is 6.20 Å². The van der Waals surface area contributed by atoms with Crippen molar-refractivity contribution in [2.75, 3.05) is 0 Å². The zero-order chi connectivity index (χ0) is 12.6. The molecule has 3 nitrogen and oxygen atoms in total. The largest absolute Gasteiger partial charge is 0.271 e. The van der Waals surface area contributed by atoms with E-state index in [9.17, 15) is 0 Å². The van der Waals surface area contributed by atoms with Gasteiger partial charge in [0.1, 0.15) is 0 Å². The Labute approximate surface area is 108 Å². The predicted molar refractivity (Wildman–Crippen MR) is 73.7 cm³/mol. The molecule has 0 bridgehead atoms. The highest BCUT2D eigenvalue weighted by Gasteiger charge is 2.09. The SMILES string of the molecule is NNC(CCCc1ccccc1)c1ccccn1. The van der Waals surface area contributed by atoms with Crippen molar-refractivity contribution in [3.8, 4) is 0 Å². The number of aryl methyl sites for hydroxylation is 1. The van der Waals surface area contributed by atoms with Crippen LogP contribution < -0.4 is 11.3 Å². The van der Waals surface area contributed by atoms with Crippen LogP contribution in [0, 0.1) is 0 Å². The number of nitrogens with one attached hydrogen (secondary N) is 1. The van der Waals surface area contributed by atoms with Crippen molar-refractivity contribution in [1.82, 2.24) is 10.4 Å². The molecule has 1 unspecified atom stereocenters. The summed E-state index contributed by atoms with van der Waals surface area (Å²) in [4.78, 5) is 4.33. The molecule has 0 saturated heterocycles. The molecule has 18 heavy (non-hydrogen) atoms. The molecular weight excluding hydrogens is 222 g/mol. The third-order valence-electron chi connectivity index (χ3n) is 3.05. The van der Waals surface area contributed by atoms with Crippen molar-refractivity contribution in [1.29, 1.82) is 0 Å². The number of pyridine rings is 1. The molecule has 2 aromatic rings. The highest BCUT2D eigenvalue weighted by Crippen LogP contribution is 2.16. The number of nitrogens with zero attached hydrogens (tertiary/aromatic N) is 1. The number of benzene rings is 1. The molecule has 1 aromatic carbocycles. The number of rotatable bonds is 6. The van der Waals surface area contributed by atoms with E-state index < -0.39 is 0 Å². The molecule has 0 saturated carbocycles. The van der Waals surface area contributed by atoms with Crippen molar-refractivity contribution in [3.05, 3.63) is 66.0 Å². The van der Waals surface area contributed by atoms with Crippen molar-refractivity contribution in [3.63, 3.8) is 0 Å². The third kappa shape index (κ3) is 3.65. The van der Waals surface area contributed by atoms with Crippen LogP contribution in [-0.4, -0.2) is 4.98 Å². The summed E-state index contributed by atoms with van der Waals surface area (Å²) >= 11 is 0. The van der Waals surface area contributed by atoms with Crippen molar-refractivity contribution in [2.45, 2.75) is 25.3 Å². The maximum absolute atomic E-state index is 5.59. The Kier molecular flexibility index (Phi) is 4.88. The number of nitrogens with two attached hydrogens (primary N) is 1. The second kappa shape index (κ2) is 6.89. The minimum absolute atomic E-state index is 0.134. The highest BCUT2D eigenvalue weighted by atomic mass is 15.2. The smallest absolute Gasteiger partial charge is 0.0632 e. The zero-order valence-corrected chi connectivity index (χ0v) is 10.4. The molecule has 1 atom stereocenters. The molecule has 0 aliphatic heterocycles. The number of aromatic nitrogens is 1. The van der Waals surface area contributed by atoms with E-state index in [2.05, 4.69) is 34.7 Å². The topological polar surface area (TPSA) is 50.9 Å². The van der Waals surface area contributed by atoms with Gasteiger partial charge in [-0.25, -0.2) is 0 Å². The van der Waals surface area contributed by atoms with Crippen LogP contribution in [-0.2, 0) is 6.42 Å². The lowest BCUT2D eigenvalue weighted by Crippen LogP contribution is -2.28. The normalized spacial score (nSPS) is 12.3. The predicted octanol–water partition coefficient (Wildman–Crippen LogP) is 2.61. The lowest BCUT2D eigenvalue weighted by molar-refractivity contribution is 0.488. The fourth-order valence-electron chi connectivity index (χ4n) is 2.05. The Hall–Kier alpha value is -1.71. The quantitative estimate of drug-likeness (QED) is 0.604. The average molecular weight is 241 g/mol. The Morgan fingerprint density at radius 1 is 1.06 bits per heavy atom. The van der Waals surface area contributed by atoms with Crippen LogP contribution in [0.2, 0.25) is 0 Å². The lowest BCUT2D eigenvalue weighted by atomic mass is 10.0. The van der Waals surface area contributed by atoms with E-state index in [-0.39, 0.29) is 6.04 Å². The standard InChI is InChI=1S/C15H19N3/c16-18-15(14-10-4-5-12-17-14)11-6-9-13-7-2-1-3-8-13/h1-5,7-8,10,12,15,18H,6,9,11,16H2. The lowest BCUT2D eigenvalue weighted by Gasteiger charge is -2.14. The van der Waals surface area contributed by atoms with Gasteiger partial charge in [-0.3, -0.25) is 16.3 Å². The molecule has 94 valence electrons. The Morgan fingerprint density at radius 3 is 2.50 bits per heavy atom. The monoisotopic (exact) mass is 241 g/mol. The van der Waals surface area contributed by atoms with Crippen LogP contribution in [0.1, 0.15) is 30.1 Å². The molecule has 1 aromatic heterocycles. The van der Waals surface area contributed by atoms with Gasteiger partial charge < -0.3 is 0 Å². The Bertz CT molecular complexity index is 442. The van der Waals surface area contributed by atoms with E-state index in [1.54, 1.807) is 6.20 Å². The molecule has 0 aliphatic rings. The van der Waals surface area contributed by atoms with Gasteiger partial charge in [-0.15, -0.1) is 0 Å². The summed E-state index contributed by atoms with van der Waals surface area (Å²) in [5, 5.41) is 0. The molecule has 1 heterocycles. The van der Waals surface area contributed by atoms with Gasteiger partial charge in [-0.1, -0.05) is 36.4 Å². The fourth-order valence-corrected chi connectivity index (χ4v) is 2.05. The summed E-state index contributed by atoms with van der Waals surface area (Å²) < 4.78 is 0. The fraction of sp³-hybridized carbons (Fsp3) is 0.267. The van der Waals surface area contributed by atoms with Crippen molar-refractivity contribution in [2.24, 2.45) is 5.84 Å². The van der Waals surface area contributed by atoms with Gasteiger partial charge >= 0.3 is 0 Å². The van der Waals surface area contributed by atoms with E-state index >= 15 is 0 Å². The maximum atomic E-state index is 5.59. The van der Waals surface area contributed by atoms with Crippen LogP contribution in [0.15, 0.2) is 54.7 Å². The minimum Gasteiger partial charge on any atom is -0.271 e. The first-order valence-electron chi connectivity index (χ1n) is 6.31. The first-order chi connectivity index (χ1) is 8.90. The second-order valence-electron chi connectivity index (χ2n) is 4.35. The molecule has 0 aliphatic carbocycles. The van der Waals surface area contributed by atoms with E-state index in [0.29, 0.717) is 0 Å². The van der Waals surface area contributed by atoms with Crippen LogP contribution in [0.5, 0.6) is 0 Å². The first kappa shape index (κ1) is 12.7. The third-order valence-corrected chi connectivity index (χ3v) is 3.05. The van der Waals surface area contributed by atoms with E-state index in [4.69, 9.17) is 5.84 Å². The van der Waals surface area contributed by atoms with E-state index in [1.165, 1.54) is 5.56 Å². The van der Waals surface area contributed by atoms with Crippen LogP contribution in [0.4, 0.5) is 0 Å². The van der Waals surface area contributed by atoms with Gasteiger partial charge in [0.05, 0.1) is 11.7 Å². The van der Waals surface area contributed by atoms with Gasteiger partial charge in [0.15, 0.2) is 0 Å². The molecule has 0 fully saturated rings. The van der Waals surface area contributed by atoms with Crippen LogP contribution in [0.25, 0.3) is 0 Å². The van der Waals surface area contributed by atoms with Crippen LogP contribution in [0.3, 0.4) is 0 Å². The van der Waals surface area contributed by atoms with E-state index in [1.807, 2.05) is 24.3 Å². The molecule has 0 amide bonds. The van der Waals surface area contributed by atoms with Gasteiger partial charge in [0.25, 0.3) is 0 Å². The molecule has 3 N–H and O–H groups in total. The Morgan fingerprint density at radius 2 is 1.83 bits per heavy atom. The summed E-state index contributed by atoms with van der Waals surface area (Å²) in [5.74, 6) is 5.59. The number of hydrogen-bond acceptors (Lipinski definition) is 3. The number of hydrogen-bond donors (Lipinski definition) is 2. The van der Waals surface area contributed by atoms with Gasteiger partial charge in [-0.05, 0) is 37.0 Å².